The normalized spacial score (nSPS) is 13.7. The van der Waals surface area contributed by atoms with Gasteiger partial charge in [0.1, 0.15) is 17.6 Å². The van der Waals surface area contributed by atoms with E-state index in [1.54, 1.807) is 6.07 Å². The smallest absolute Gasteiger partial charge is 0.424 e. The number of hydrogen-bond donors (Lipinski definition) is 2. The second-order valence-electron chi connectivity index (χ2n) is 5.54. The van der Waals surface area contributed by atoms with Crippen LogP contribution >= 0.6 is 0 Å². The van der Waals surface area contributed by atoms with E-state index in [-0.39, 0.29) is 29.2 Å². The predicted octanol–water partition coefficient (Wildman–Crippen LogP) is 3.62. The quantitative estimate of drug-likeness (QED) is 0.594. The monoisotopic (exact) mass is 369 g/mol. The molecule has 1 atom stereocenters. The molecular formula is C16H14F3N3O4. The summed E-state index contributed by atoms with van der Waals surface area (Å²) in [4.78, 5) is 10.0. The van der Waals surface area contributed by atoms with E-state index in [0.717, 1.165) is 18.2 Å². The average Bonchev–Trinajstić information content (AvgIpc) is 3.00. The van der Waals surface area contributed by atoms with E-state index in [4.69, 9.17) is 9.68 Å². The summed E-state index contributed by atoms with van der Waals surface area (Å²) in [6.45, 7) is 1.09. The Labute approximate surface area is 145 Å². The van der Waals surface area contributed by atoms with Gasteiger partial charge in [-0.25, -0.2) is 0 Å². The molecule has 1 aromatic carbocycles. The number of aliphatic hydroxyl groups is 1. The number of alkyl halides is 3. The maximum absolute atomic E-state index is 13.3. The molecule has 2 aromatic rings. The molecule has 2 rings (SSSR count). The lowest BCUT2D eigenvalue weighted by atomic mass is 9.95. The molecule has 0 amide bonds. The summed E-state index contributed by atoms with van der Waals surface area (Å²) in [5.41, 5.74) is -3.49. The SMILES string of the molecule is Cc1ccc([C@@](O)(CCNc2ccc([N+](=O)[O-])cc2C#N)C(F)(F)F)o1. The van der Waals surface area contributed by atoms with Crippen LogP contribution in [0.25, 0.3) is 0 Å². The highest BCUT2D eigenvalue weighted by Crippen LogP contribution is 2.42. The Kier molecular flexibility index (Phi) is 5.22. The van der Waals surface area contributed by atoms with Crippen molar-refractivity contribution < 1.29 is 27.6 Å². The number of benzene rings is 1. The Hall–Kier alpha value is -3.06. The second-order valence-corrected chi connectivity index (χ2v) is 5.54. The van der Waals surface area contributed by atoms with Crippen LogP contribution in [0.2, 0.25) is 0 Å². The van der Waals surface area contributed by atoms with Gasteiger partial charge in [0.2, 0.25) is 5.60 Å². The molecule has 0 radical (unpaired) electrons. The van der Waals surface area contributed by atoms with Crippen molar-refractivity contribution in [3.8, 4) is 6.07 Å². The number of non-ortho nitro benzene ring substituents is 1. The Balaban J connectivity index is 2.19. The number of nitrogens with zero attached hydrogens (tertiary/aromatic N) is 2. The average molecular weight is 369 g/mol. The van der Waals surface area contributed by atoms with Gasteiger partial charge in [-0.15, -0.1) is 0 Å². The Bertz CT molecular complexity index is 857. The molecule has 0 fully saturated rings. The molecule has 0 spiro atoms. The summed E-state index contributed by atoms with van der Waals surface area (Å²) in [7, 11) is 0. The van der Waals surface area contributed by atoms with Gasteiger partial charge in [-0.05, 0) is 25.1 Å². The number of nitriles is 1. The lowest BCUT2D eigenvalue weighted by molar-refractivity contribution is -0.384. The van der Waals surface area contributed by atoms with E-state index in [9.17, 15) is 28.4 Å². The number of hydrogen-bond acceptors (Lipinski definition) is 6. The van der Waals surface area contributed by atoms with Gasteiger partial charge in [-0.2, -0.15) is 18.4 Å². The van der Waals surface area contributed by atoms with Gasteiger partial charge in [-0.3, -0.25) is 10.1 Å². The minimum atomic E-state index is -4.98. The number of nitrogens with one attached hydrogen (secondary N) is 1. The fraction of sp³-hybridized carbons (Fsp3) is 0.312. The molecule has 0 aliphatic rings. The third-order valence-corrected chi connectivity index (χ3v) is 3.75. The maximum atomic E-state index is 13.3. The van der Waals surface area contributed by atoms with Crippen LogP contribution in [0.1, 0.15) is 23.5 Å². The van der Waals surface area contributed by atoms with Crippen molar-refractivity contribution in [2.45, 2.75) is 25.1 Å². The van der Waals surface area contributed by atoms with Crippen LogP contribution in [0.5, 0.6) is 0 Å². The molecule has 0 aliphatic heterocycles. The van der Waals surface area contributed by atoms with E-state index < -0.39 is 28.9 Å². The minimum Gasteiger partial charge on any atom is -0.463 e. The van der Waals surface area contributed by atoms with Crippen molar-refractivity contribution >= 4 is 11.4 Å². The van der Waals surface area contributed by atoms with Crippen LogP contribution < -0.4 is 5.32 Å². The van der Waals surface area contributed by atoms with Crippen LogP contribution in [0, 0.1) is 28.4 Å². The standard InChI is InChI=1S/C16H14F3N3O4/c1-10-2-5-14(26-10)15(23,16(17,18)19)6-7-21-13-4-3-12(22(24)25)8-11(13)9-20/h2-5,8,21,23H,6-7H2,1H3/t15-/m0/s1. The number of rotatable bonds is 6. The van der Waals surface area contributed by atoms with Crippen LogP contribution in [-0.4, -0.2) is 22.8 Å². The van der Waals surface area contributed by atoms with Crippen molar-refractivity contribution in [2.75, 3.05) is 11.9 Å². The highest BCUT2D eigenvalue weighted by molar-refractivity contribution is 5.61. The summed E-state index contributed by atoms with van der Waals surface area (Å²) < 4.78 is 45.0. The molecule has 2 N–H and O–H groups in total. The van der Waals surface area contributed by atoms with Crippen molar-refractivity contribution in [2.24, 2.45) is 0 Å². The number of nitro groups is 1. The zero-order chi connectivity index (χ0) is 19.5. The van der Waals surface area contributed by atoms with E-state index in [2.05, 4.69) is 5.32 Å². The van der Waals surface area contributed by atoms with Crippen LogP contribution in [-0.2, 0) is 5.60 Å². The molecule has 7 nitrogen and oxygen atoms in total. The first-order valence-corrected chi connectivity index (χ1v) is 7.37. The van der Waals surface area contributed by atoms with Crippen molar-refractivity contribution in [3.63, 3.8) is 0 Å². The van der Waals surface area contributed by atoms with Gasteiger partial charge >= 0.3 is 6.18 Å². The Morgan fingerprint density at radius 2 is 2.04 bits per heavy atom. The number of anilines is 1. The van der Waals surface area contributed by atoms with Crippen LogP contribution in [0.15, 0.2) is 34.7 Å². The first-order chi connectivity index (χ1) is 12.1. The third-order valence-electron chi connectivity index (χ3n) is 3.75. The van der Waals surface area contributed by atoms with Gasteiger partial charge in [0.15, 0.2) is 0 Å². The molecule has 1 aromatic heterocycles. The summed E-state index contributed by atoms with van der Waals surface area (Å²) in [6, 6.07) is 7.44. The van der Waals surface area contributed by atoms with Gasteiger partial charge in [0.25, 0.3) is 5.69 Å². The highest BCUT2D eigenvalue weighted by atomic mass is 19.4. The summed E-state index contributed by atoms with van der Waals surface area (Å²) in [5.74, 6) is -0.411. The van der Waals surface area contributed by atoms with E-state index in [1.165, 1.54) is 19.1 Å². The fourth-order valence-corrected chi connectivity index (χ4v) is 2.33. The first kappa shape index (κ1) is 19.3. The lowest BCUT2D eigenvalue weighted by Crippen LogP contribution is -2.43. The van der Waals surface area contributed by atoms with Crippen LogP contribution in [0.3, 0.4) is 0 Å². The second kappa shape index (κ2) is 7.05. The zero-order valence-corrected chi connectivity index (χ0v) is 13.5. The van der Waals surface area contributed by atoms with E-state index >= 15 is 0 Å². The minimum absolute atomic E-state index is 0.0939. The molecule has 0 bridgehead atoms. The molecule has 138 valence electrons. The molecule has 0 unspecified atom stereocenters. The zero-order valence-electron chi connectivity index (χ0n) is 13.5. The largest absolute Gasteiger partial charge is 0.463 e. The summed E-state index contributed by atoms with van der Waals surface area (Å²) in [6.07, 6.45) is -5.77. The van der Waals surface area contributed by atoms with E-state index in [0.29, 0.717) is 0 Å². The number of nitro benzene ring substituents is 1. The highest BCUT2D eigenvalue weighted by Gasteiger charge is 2.56. The number of halogens is 3. The molecular weight excluding hydrogens is 355 g/mol. The molecule has 0 saturated heterocycles. The number of aryl methyl sites for hydroxylation is 1. The van der Waals surface area contributed by atoms with Gasteiger partial charge in [-0.1, -0.05) is 0 Å². The molecule has 0 saturated carbocycles. The van der Waals surface area contributed by atoms with E-state index in [1.807, 2.05) is 0 Å². The van der Waals surface area contributed by atoms with Crippen LogP contribution in [0.4, 0.5) is 24.5 Å². The summed E-state index contributed by atoms with van der Waals surface area (Å²) >= 11 is 0. The molecule has 1 heterocycles. The predicted molar refractivity (Wildman–Crippen MR) is 84.3 cm³/mol. The Morgan fingerprint density at radius 1 is 1.35 bits per heavy atom. The van der Waals surface area contributed by atoms with Crippen molar-refractivity contribution in [1.29, 1.82) is 5.26 Å². The first-order valence-electron chi connectivity index (χ1n) is 7.37. The number of furan rings is 1. The van der Waals surface area contributed by atoms with Crippen molar-refractivity contribution in [1.82, 2.24) is 0 Å². The molecule has 10 heteroatoms. The maximum Gasteiger partial charge on any atom is 0.424 e. The summed E-state index contributed by atoms with van der Waals surface area (Å²) in [5, 5.41) is 32.5. The van der Waals surface area contributed by atoms with Crippen molar-refractivity contribution in [3.05, 3.63) is 57.5 Å². The van der Waals surface area contributed by atoms with Gasteiger partial charge in [0.05, 0.1) is 16.2 Å². The lowest BCUT2D eigenvalue weighted by Gasteiger charge is -2.28. The third kappa shape index (κ3) is 3.78. The topological polar surface area (TPSA) is 112 Å². The fourth-order valence-electron chi connectivity index (χ4n) is 2.33. The van der Waals surface area contributed by atoms with Gasteiger partial charge in [0, 0.05) is 25.1 Å². The Morgan fingerprint density at radius 3 is 2.54 bits per heavy atom. The molecule has 26 heavy (non-hydrogen) atoms. The van der Waals surface area contributed by atoms with Gasteiger partial charge < -0.3 is 14.8 Å². The molecule has 0 aliphatic carbocycles.